The van der Waals surface area contributed by atoms with E-state index in [4.69, 9.17) is 4.74 Å². The third kappa shape index (κ3) is 8.61. The fraction of sp³-hybridized carbons (Fsp3) is 0.450. The van der Waals surface area contributed by atoms with E-state index in [1.165, 1.54) is 14.2 Å². The average molecular weight is 773 g/mol. The molecule has 296 valence electrons. The van der Waals surface area contributed by atoms with Crippen molar-refractivity contribution in [3.8, 4) is 23.1 Å². The molecule has 14 nitrogen and oxygen atoms in total. The Morgan fingerprint density at radius 1 is 0.821 bits per heavy atom. The van der Waals surface area contributed by atoms with Crippen LogP contribution in [0.5, 0.6) is 0 Å². The smallest absolute Gasteiger partial charge is 0.407 e. The van der Waals surface area contributed by atoms with E-state index in [0.29, 0.717) is 23.8 Å². The van der Waals surface area contributed by atoms with Gasteiger partial charge in [-0.1, -0.05) is 51.8 Å². The highest BCUT2D eigenvalue weighted by atomic mass is 19.3. The first-order valence-corrected chi connectivity index (χ1v) is 18.5. The summed E-state index contributed by atoms with van der Waals surface area (Å²) in [6.45, 7) is 6.92. The molecule has 4 heterocycles. The number of likely N-dealkylation sites (tertiary alicyclic amines) is 2. The van der Waals surface area contributed by atoms with Crippen molar-refractivity contribution in [3.63, 3.8) is 0 Å². The number of H-pyrrole nitrogens is 2. The van der Waals surface area contributed by atoms with Crippen LogP contribution in [0.2, 0.25) is 0 Å². The van der Waals surface area contributed by atoms with E-state index in [1.54, 1.807) is 31.1 Å². The summed E-state index contributed by atoms with van der Waals surface area (Å²) in [7, 11) is 2.43. The number of fused-ring (bicyclic) bond motifs is 1. The van der Waals surface area contributed by atoms with Gasteiger partial charge in [-0.05, 0) is 59.6 Å². The van der Waals surface area contributed by atoms with Crippen molar-refractivity contribution in [1.29, 1.82) is 0 Å². The van der Waals surface area contributed by atoms with Crippen LogP contribution in [0.1, 0.15) is 81.9 Å². The normalized spacial score (nSPS) is 18.8. The number of nitrogens with zero attached hydrogens (tertiary/aromatic N) is 4. The molecule has 4 amide bonds. The molecule has 6 rings (SSSR count). The lowest BCUT2D eigenvalue weighted by molar-refractivity contribution is -0.137. The van der Waals surface area contributed by atoms with Crippen molar-refractivity contribution in [2.24, 2.45) is 11.8 Å². The molecular formula is C40H46F2N8O6. The number of amides is 4. The number of aromatic nitrogens is 4. The zero-order valence-corrected chi connectivity index (χ0v) is 32.1. The standard InChI is InChI=1S/C40H46F2N8O6/c1-22(2)32(47-38(53)55-5)36(51)49-15-7-8-30(49)34-43-19-28(45-34)14-10-24-9-11-26-17-27(13-12-25(26)16-24)29-20-44-35(46-29)31-18-40(41,42)21-50(31)37(52)33(23(3)4)48-39(54)56-6/h9,11-13,16-17,19-20,22-23,30-33H,7-8,15,18,21H2,1-6H3,(H,43,45)(H,44,46)(H,47,53)(H,48,54)/t30-,31-,32-,33-/m0/s1. The molecule has 2 aromatic heterocycles. The van der Waals surface area contributed by atoms with E-state index >= 15 is 0 Å². The molecule has 4 N–H and O–H groups in total. The Bertz CT molecular complexity index is 2170. The minimum Gasteiger partial charge on any atom is -0.453 e. The van der Waals surface area contributed by atoms with Gasteiger partial charge in [-0.2, -0.15) is 0 Å². The minimum atomic E-state index is -3.14. The van der Waals surface area contributed by atoms with Crippen LogP contribution >= 0.6 is 0 Å². The number of nitrogens with one attached hydrogen (secondary N) is 4. The number of hydrogen-bond donors (Lipinski definition) is 4. The van der Waals surface area contributed by atoms with Crippen LogP contribution in [0.25, 0.3) is 22.0 Å². The van der Waals surface area contributed by atoms with Crippen LogP contribution in [0.4, 0.5) is 18.4 Å². The van der Waals surface area contributed by atoms with Crippen molar-refractivity contribution < 1.29 is 37.4 Å². The van der Waals surface area contributed by atoms with Gasteiger partial charge in [-0.3, -0.25) is 9.59 Å². The van der Waals surface area contributed by atoms with Crippen LogP contribution in [0, 0.1) is 23.7 Å². The first kappa shape index (κ1) is 39.7. The Morgan fingerprint density at radius 3 is 2.09 bits per heavy atom. The van der Waals surface area contributed by atoms with Crippen LogP contribution in [0.15, 0.2) is 48.8 Å². The molecule has 2 saturated heterocycles. The van der Waals surface area contributed by atoms with Crippen molar-refractivity contribution in [3.05, 3.63) is 71.7 Å². The number of methoxy groups -OCH3 is 2. The molecular weight excluding hydrogens is 726 g/mol. The largest absolute Gasteiger partial charge is 0.453 e. The maximum Gasteiger partial charge on any atom is 0.407 e. The fourth-order valence-electron chi connectivity index (χ4n) is 7.22. The van der Waals surface area contributed by atoms with Gasteiger partial charge in [0.1, 0.15) is 29.4 Å². The number of alkyl halides is 2. The highest BCUT2D eigenvalue weighted by Gasteiger charge is 2.50. The summed E-state index contributed by atoms with van der Waals surface area (Å²) < 4.78 is 38.9. The number of benzene rings is 2. The minimum absolute atomic E-state index is 0.138. The van der Waals surface area contributed by atoms with Gasteiger partial charge >= 0.3 is 12.2 Å². The third-order valence-electron chi connectivity index (χ3n) is 10.2. The summed E-state index contributed by atoms with van der Waals surface area (Å²) in [6.07, 6.45) is 2.65. The number of hydrogen-bond acceptors (Lipinski definition) is 8. The molecule has 0 radical (unpaired) electrons. The average Bonchev–Trinajstić information content (AvgIpc) is 4.00. The van der Waals surface area contributed by atoms with Crippen molar-refractivity contribution in [2.45, 2.75) is 77.0 Å². The molecule has 16 heteroatoms. The quantitative estimate of drug-likeness (QED) is 0.157. The molecule has 0 unspecified atom stereocenters. The summed E-state index contributed by atoms with van der Waals surface area (Å²) in [6, 6.07) is 8.48. The molecule has 0 saturated carbocycles. The van der Waals surface area contributed by atoms with E-state index in [0.717, 1.165) is 39.6 Å². The first-order valence-electron chi connectivity index (χ1n) is 18.5. The number of imidazole rings is 2. The van der Waals surface area contributed by atoms with Crippen molar-refractivity contribution in [2.75, 3.05) is 27.3 Å². The van der Waals surface area contributed by atoms with E-state index in [2.05, 4.69) is 47.1 Å². The SMILES string of the molecule is COC(=O)N[C@H](C(=O)N1CCC[C@H]1c1ncc(C#Cc2ccc3cc(-c4cnc([C@@H]5CC(F)(F)CN5C(=O)[C@@H](NC(=O)OC)C(C)C)[nH]4)ccc3c2)[nH]1)C(C)C. The van der Waals surface area contributed by atoms with Crippen molar-refractivity contribution in [1.82, 2.24) is 40.4 Å². The van der Waals surface area contributed by atoms with E-state index in [-0.39, 0.29) is 29.6 Å². The second-order valence-corrected chi connectivity index (χ2v) is 14.8. The van der Waals surface area contributed by atoms with Gasteiger partial charge in [0.05, 0.1) is 50.9 Å². The van der Waals surface area contributed by atoms with E-state index in [9.17, 15) is 28.0 Å². The van der Waals surface area contributed by atoms with Crippen LogP contribution in [-0.2, 0) is 19.1 Å². The number of aromatic amines is 2. The number of ether oxygens (including phenoxy) is 2. The van der Waals surface area contributed by atoms with Crippen LogP contribution < -0.4 is 10.6 Å². The maximum atomic E-state index is 14.8. The summed E-state index contributed by atoms with van der Waals surface area (Å²) in [5, 5.41) is 6.97. The van der Waals surface area contributed by atoms with Gasteiger partial charge in [0.25, 0.3) is 5.92 Å². The molecule has 0 aliphatic carbocycles. The molecule has 2 aromatic carbocycles. The number of halogens is 2. The molecule has 2 aliphatic heterocycles. The second kappa shape index (κ2) is 16.4. The Morgan fingerprint density at radius 2 is 1.43 bits per heavy atom. The Balaban J connectivity index is 1.15. The fourth-order valence-corrected chi connectivity index (χ4v) is 7.22. The zero-order chi connectivity index (χ0) is 40.3. The van der Waals surface area contributed by atoms with Crippen LogP contribution in [-0.4, -0.2) is 99.1 Å². The van der Waals surface area contributed by atoms with Gasteiger partial charge in [-0.15, -0.1) is 0 Å². The molecule has 0 spiro atoms. The Hall–Kier alpha value is -5.98. The van der Waals surface area contributed by atoms with Gasteiger partial charge in [0, 0.05) is 24.1 Å². The topological polar surface area (TPSA) is 175 Å². The Kier molecular flexibility index (Phi) is 11.6. The summed E-state index contributed by atoms with van der Waals surface area (Å²) in [5.74, 6) is 2.69. The number of carbonyl (C=O) groups is 4. The monoisotopic (exact) mass is 772 g/mol. The highest BCUT2D eigenvalue weighted by molar-refractivity contribution is 5.89. The lowest BCUT2D eigenvalue weighted by Gasteiger charge is -2.29. The lowest BCUT2D eigenvalue weighted by atomic mass is 10.0. The molecule has 56 heavy (non-hydrogen) atoms. The molecule has 4 aromatic rings. The predicted molar refractivity (Wildman–Crippen MR) is 202 cm³/mol. The first-order chi connectivity index (χ1) is 26.7. The number of carbonyl (C=O) groups excluding carboxylic acids is 4. The predicted octanol–water partition coefficient (Wildman–Crippen LogP) is 5.69. The summed E-state index contributed by atoms with van der Waals surface area (Å²) >= 11 is 0. The molecule has 4 atom stereocenters. The van der Waals surface area contributed by atoms with E-state index in [1.807, 2.05) is 50.2 Å². The zero-order valence-electron chi connectivity index (χ0n) is 32.1. The molecule has 0 bridgehead atoms. The van der Waals surface area contributed by atoms with Gasteiger partial charge in [0.15, 0.2) is 0 Å². The van der Waals surface area contributed by atoms with Gasteiger partial charge in [0.2, 0.25) is 11.8 Å². The van der Waals surface area contributed by atoms with Crippen LogP contribution in [0.3, 0.4) is 0 Å². The van der Waals surface area contributed by atoms with Gasteiger partial charge < -0.3 is 39.9 Å². The van der Waals surface area contributed by atoms with E-state index < -0.39 is 55.1 Å². The molecule has 2 aliphatic rings. The maximum absolute atomic E-state index is 14.8. The summed E-state index contributed by atoms with van der Waals surface area (Å²) in [5.41, 5.74) is 2.73. The highest BCUT2D eigenvalue weighted by Crippen LogP contribution is 2.41. The summed E-state index contributed by atoms with van der Waals surface area (Å²) in [4.78, 5) is 69.0. The number of rotatable bonds is 9. The van der Waals surface area contributed by atoms with Crippen molar-refractivity contribution >= 4 is 34.8 Å². The number of alkyl carbamates (subject to hydrolysis) is 2. The lowest BCUT2D eigenvalue weighted by Crippen LogP contribution is -2.51. The third-order valence-corrected chi connectivity index (χ3v) is 10.2. The Labute approximate surface area is 323 Å². The second-order valence-electron chi connectivity index (χ2n) is 14.8. The molecule has 2 fully saturated rings. The van der Waals surface area contributed by atoms with Gasteiger partial charge in [-0.25, -0.2) is 28.3 Å².